The summed E-state index contributed by atoms with van der Waals surface area (Å²) in [6, 6.07) is 34.2. The van der Waals surface area contributed by atoms with Gasteiger partial charge in [-0.15, -0.1) is 35.3 Å². The number of nitrogens with zero attached hydrogens (tertiary/aromatic N) is 4. The monoisotopic (exact) mass is 649 g/mol. The average Bonchev–Trinajstić information content (AvgIpc) is 3.41. The van der Waals surface area contributed by atoms with Crippen LogP contribution in [0.2, 0.25) is 0 Å². The fourth-order valence-corrected chi connectivity index (χ4v) is 5.02. The smallest absolute Gasteiger partial charge is 0.431 e. The van der Waals surface area contributed by atoms with Crippen LogP contribution >= 0.6 is 0 Å². The Morgan fingerprint density at radius 1 is 0.722 bits per heavy atom. The molecule has 5 heteroatoms. The summed E-state index contributed by atoms with van der Waals surface area (Å²) in [5, 5.41) is 1.10. The van der Waals surface area contributed by atoms with Crippen LogP contribution in [0.15, 0.2) is 85.1 Å². The maximum atomic E-state index is 5.16. The molecule has 6 rings (SSSR count). The number of benzene rings is 3. The van der Waals surface area contributed by atoms with Gasteiger partial charge >= 0.3 is 21.1 Å². The largest absolute Gasteiger partial charge is 2.00 e. The van der Waals surface area contributed by atoms with Crippen molar-refractivity contribution in [2.45, 2.75) is 19.3 Å². The van der Waals surface area contributed by atoms with E-state index in [4.69, 9.17) is 4.98 Å². The van der Waals surface area contributed by atoms with Crippen LogP contribution in [0.3, 0.4) is 0 Å². The molecule has 3 heterocycles. The fraction of sp³-hybridized carbons (Fsp3) is 0.161. The Morgan fingerprint density at radius 2 is 1.44 bits per heavy atom. The summed E-state index contributed by atoms with van der Waals surface area (Å²) in [7, 11) is 4.15. The number of fused-ring (bicyclic) bond motifs is 2. The minimum Gasteiger partial charge on any atom is -0.431 e. The van der Waals surface area contributed by atoms with Crippen LogP contribution in [0.25, 0.3) is 44.6 Å². The Balaban J connectivity index is 0.00000267. The molecule has 3 aromatic carbocycles. The molecule has 4 nitrogen and oxygen atoms in total. The first-order valence-electron chi connectivity index (χ1n) is 11.8. The van der Waals surface area contributed by atoms with Gasteiger partial charge in [0.25, 0.3) is 0 Å². The van der Waals surface area contributed by atoms with E-state index in [0.29, 0.717) is 0 Å². The number of hydrogen-bond donors (Lipinski definition) is 0. The Labute approximate surface area is 225 Å². The van der Waals surface area contributed by atoms with Gasteiger partial charge in [0.2, 0.25) is 0 Å². The maximum absolute atomic E-state index is 5.16. The quantitative estimate of drug-likeness (QED) is 0.199. The first kappa shape index (κ1) is 24.2. The summed E-state index contributed by atoms with van der Waals surface area (Å²) in [5.74, 6) is 0.893. The van der Waals surface area contributed by atoms with E-state index in [1.165, 1.54) is 0 Å². The number of pyridine rings is 1. The van der Waals surface area contributed by atoms with Crippen molar-refractivity contribution in [3.05, 3.63) is 108 Å². The third kappa shape index (κ3) is 3.81. The molecule has 36 heavy (non-hydrogen) atoms. The van der Waals surface area contributed by atoms with Crippen molar-refractivity contribution in [1.82, 2.24) is 19.1 Å². The number of rotatable bonds is 4. The van der Waals surface area contributed by atoms with Gasteiger partial charge in [0.1, 0.15) is 0 Å². The minimum absolute atomic E-state index is 0. The Hall–Kier alpha value is -3.49. The second-order valence-corrected chi connectivity index (χ2v) is 9.54. The summed E-state index contributed by atoms with van der Waals surface area (Å²) >= 11 is 0. The molecule has 0 bridgehead atoms. The first-order chi connectivity index (χ1) is 16.9. The molecule has 0 saturated heterocycles. The first-order valence-corrected chi connectivity index (χ1v) is 11.8. The molecule has 180 valence electrons. The Kier molecular flexibility index (Phi) is 6.18. The number of aryl methyl sites for hydroxylation is 2. The van der Waals surface area contributed by atoms with Gasteiger partial charge in [0, 0.05) is 18.7 Å². The molecule has 0 N–H and O–H groups in total. The molecule has 0 radical (unpaired) electrons. The zero-order chi connectivity index (χ0) is 24.2. The van der Waals surface area contributed by atoms with E-state index in [0.717, 1.165) is 55.8 Å². The van der Waals surface area contributed by atoms with Crippen molar-refractivity contribution in [1.29, 1.82) is 0 Å². The van der Waals surface area contributed by atoms with E-state index in [9.17, 15) is 0 Å². The molecule has 0 aliphatic heterocycles. The van der Waals surface area contributed by atoms with Crippen LogP contribution in [0, 0.1) is 12.1 Å². The van der Waals surface area contributed by atoms with Crippen LogP contribution in [0.5, 0.6) is 0 Å². The Bertz CT molecular complexity index is 1690. The zero-order valence-corrected chi connectivity index (χ0v) is 23.0. The molecule has 3 aromatic heterocycles. The van der Waals surface area contributed by atoms with Gasteiger partial charge in [-0.2, -0.15) is 23.8 Å². The molecular weight excluding hydrogens is 623 g/mol. The molecule has 0 unspecified atom stereocenters. The molecule has 0 amide bonds. The van der Waals surface area contributed by atoms with Gasteiger partial charge in [-0.25, -0.2) is 0 Å². The van der Waals surface area contributed by atoms with Gasteiger partial charge in [-0.1, -0.05) is 49.7 Å². The molecule has 0 spiro atoms. The number of para-hydroxylation sites is 2. The maximum Gasteiger partial charge on any atom is 2.00 e. The van der Waals surface area contributed by atoms with E-state index in [1.54, 1.807) is 0 Å². The number of hydrogen-bond acceptors (Lipinski definition) is 2. The van der Waals surface area contributed by atoms with E-state index >= 15 is 0 Å². The van der Waals surface area contributed by atoms with Crippen LogP contribution in [0.4, 0.5) is 0 Å². The second-order valence-electron chi connectivity index (χ2n) is 9.54. The van der Waals surface area contributed by atoms with E-state index < -0.39 is 0 Å². The van der Waals surface area contributed by atoms with E-state index in [-0.39, 0.29) is 26.5 Å². The van der Waals surface area contributed by atoms with Gasteiger partial charge in [-0.3, -0.25) is 9.97 Å². The third-order valence-electron chi connectivity index (χ3n) is 7.04. The SMILES string of the molecule is Cn1c(-c2[c-]c(-c3nc4c(C(C)(C)c5ccccn5)cccc4n3C)ccc2)[c-]c2ccccc21.[Pt+2]. The topological polar surface area (TPSA) is 35.6 Å². The van der Waals surface area contributed by atoms with Crippen molar-refractivity contribution in [2.24, 2.45) is 14.1 Å². The normalized spacial score (nSPS) is 11.7. The van der Waals surface area contributed by atoms with Gasteiger partial charge in [0.05, 0.1) is 22.6 Å². The molecular formula is C31H26N4Pt. The molecule has 6 aromatic rings. The van der Waals surface area contributed by atoms with Crippen molar-refractivity contribution in [3.8, 4) is 22.6 Å². The van der Waals surface area contributed by atoms with E-state index in [1.807, 2.05) is 24.4 Å². The average molecular weight is 650 g/mol. The Morgan fingerprint density at radius 3 is 2.22 bits per heavy atom. The standard InChI is InChI=1S/C31H26N4.Pt/c1-31(2,28-17-7-8-18-32-28)24-14-10-16-26-29(24)33-30(35(26)4)23-13-9-12-21(19-23)27-20-22-11-5-6-15-25(22)34(27)3;/h5-18H,1-4H3;/q-2;+2. The van der Waals surface area contributed by atoms with Gasteiger partial charge in [-0.05, 0) is 36.3 Å². The minimum atomic E-state index is -0.282. The van der Waals surface area contributed by atoms with Crippen molar-refractivity contribution in [2.75, 3.05) is 0 Å². The molecule has 0 saturated carbocycles. The summed E-state index contributed by atoms with van der Waals surface area (Å²) in [5.41, 5.74) is 8.13. The summed E-state index contributed by atoms with van der Waals surface area (Å²) in [4.78, 5) is 9.81. The molecule has 0 atom stereocenters. The number of aromatic nitrogens is 4. The van der Waals surface area contributed by atoms with Crippen LogP contribution in [-0.4, -0.2) is 19.1 Å². The summed E-state index contributed by atoms with van der Waals surface area (Å²) < 4.78 is 4.33. The predicted molar refractivity (Wildman–Crippen MR) is 142 cm³/mol. The van der Waals surface area contributed by atoms with Crippen molar-refractivity contribution >= 4 is 21.9 Å². The summed E-state index contributed by atoms with van der Waals surface area (Å²) in [6.45, 7) is 4.42. The zero-order valence-electron chi connectivity index (χ0n) is 20.7. The van der Waals surface area contributed by atoms with Gasteiger partial charge < -0.3 is 9.13 Å². The van der Waals surface area contributed by atoms with Crippen LogP contribution in [-0.2, 0) is 40.6 Å². The van der Waals surface area contributed by atoms with Crippen molar-refractivity contribution < 1.29 is 21.1 Å². The fourth-order valence-electron chi connectivity index (χ4n) is 5.02. The second kappa shape index (κ2) is 9.18. The molecule has 0 fully saturated rings. The van der Waals surface area contributed by atoms with Gasteiger partial charge in [0.15, 0.2) is 0 Å². The predicted octanol–water partition coefficient (Wildman–Crippen LogP) is 6.72. The third-order valence-corrected chi connectivity index (χ3v) is 7.04. The summed E-state index contributed by atoms with van der Waals surface area (Å²) in [6.07, 6.45) is 1.85. The van der Waals surface area contributed by atoms with Crippen LogP contribution < -0.4 is 0 Å². The molecule has 0 aliphatic carbocycles. The van der Waals surface area contributed by atoms with Crippen LogP contribution in [0.1, 0.15) is 25.1 Å². The molecule has 0 aliphatic rings. The van der Waals surface area contributed by atoms with Crippen molar-refractivity contribution in [3.63, 3.8) is 0 Å². The number of imidazole rings is 1. The van der Waals surface area contributed by atoms with E-state index in [2.05, 4.69) is 115 Å².